The molecule has 1 atom stereocenters. The van der Waals surface area contributed by atoms with Crippen molar-refractivity contribution in [1.82, 2.24) is 0 Å². The van der Waals surface area contributed by atoms with Gasteiger partial charge < -0.3 is 4.74 Å². The number of carbonyl (C=O) groups excluding carboxylic acids is 1. The van der Waals surface area contributed by atoms with Gasteiger partial charge in [-0.05, 0) is 31.7 Å². The van der Waals surface area contributed by atoms with Crippen LogP contribution in [0.4, 0.5) is 0 Å². The Balaban J connectivity index is 2.25. The third-order valence-corrected chi connectivity index (χ3v) is 3.09. The minimum Gasteiger partial charge on any atom is -0.465 e. The van der Waals surface area contributed by atoms with Crippen molar-refractivity contribution in [3.63, 3.8) is 0 Å². The summed E-state index contributed by atoms with van der Waals surface area (Å²) in [5.74, 6) is 0.187. The molecule has 0 aliphatic carbocycles. The van der Waals surface area contributed by atoms with Gasteiger partial charge in [0.25, 0.3) is 0 Å². The fourth-order valence-electron chi connectivity index (χ4n) is 1.70. The topological polar surface area (TPSA) is 26.3 Å². The van der Waals surface area contributed by atoms with E-state index in [-0.39, 0.29) is 5.97 Å². The molecule has 0 spiro atoms. The highest BCUT2D eigenvalue weighted by Gasteiger charge is 2.07. The zero-order chi connectivity index (χ0) is 14.8. The van der Waals surface area contributed by atoms with Crippen molar-refractivity contribution in [2.24, 2.45) is 5.92 Å². The summed E-state index contributed by atoms with van der Waals surface area (Å²) in [4.78, 5) is 11.7. The van der Waals surface area contributed by atoms with Gasteiger partial charge in [0.15, 0.2) is 0 Å². The maximum Gasteiger partial charge on any atom is 0.310 e. The first-order valence-electron chi connectivity index (χ1n) is 7.10. The molecule has 20 heavy (non-hydrogen) atoms. The molecule has 0 amide bonds. The molecule has 1 aromatic rings. The van der Waals surface area contributed by atoms with Crippen molar-refractivity contribution in [3.8, 4) is 0 Å². The van der Waals surface area contributed by atoms with Crippen LogP contribution in [0.2, 0.25) is 0 Å². The van der Waals surface area contributed by atoms with Crippen molar-refractivity contribution < 1.29 is 9.53 Å². The Labute approximate surface area is 122 Å². The molecule has 1 rings (SSSR count). The second kappa shape index (κ2) is 9.13. The SMILES string of the molecule is C/C=C(C)/C=C/CC(C)COC(=O)Cc1ccccc1. The van der Waals surface area contributed by atoms with Crippen LogP contribution < -0.4 is 0 Å². The van der Waals surface area contributed by atoms with E-state index in [9.17, 15) is 4.79 Å². The summed E-state index contributed by atoms with van der Waals surface area (Å²) in [7, 11) is 0. The van der Waals surface area contributed by atoms with Crippen LogP contribution in [0.3, 0.4) is 0 Å². The summed E-state index contributed by atoms with van der Waals surface area (Å²) in [5.41, 5.74) is 2.24. The molecular weight excluding hydrogens is 248 g/mol. The average molecular weight is 272 g/mol. The average Bonchev–Trinajstić information content (AvgIpc) is 2.46. The van der Waals surface area contributed by atoms with Crippen molar-refractivity contribution in [1.29, 1.82) is 0 Å². The number of esters is 1. The number of ether oxygens (including phenoxy) is 1. The van der Waals surface area contributed by atoms with E-state index < -0.39 is 0 Å². The molecule has 0 bridgehead atoms. The smallest absolute Gasteiger partial charge is 0.310 e. The minimum atomic E-state index is -0.156. The first-order valence-corrected chi connectivity index (χ1v) is 7.10. The van der Waals surface area contributed by atoms with Crippen LogP contribution in [-0.2, 0) is 16.0 Å². The van der Waals surface area contributed by atoms with E-state index in [4.69, 9.17) is 4.74 Å². The Morgan fingerprint density at radius 3 is 2.65 bits per heavy atom. The maximum absolute atomic E-state index is 11.7. The molecule has 0 heterocycles. The Morgan fingerprint density at radius 2 is 2.00 bits per heavy atom. The molecule has 1 aromatic carbocycles. The Morgan fingerprint density at radius 1 is 1.30 bits per heavy atom. The fraction of sp³-hybridized carbons (Fsp3) is 0.389. The van der Waals surface area contributed by atoms with Crippen LogP contribution in [0.25, 0.3) is 0 Å². The largest absolute Gasteiger partial charge is 0.465 e. The van der Waals surface area contributed by atoms with Gasteiger partial charge in [0.1, 0.15) is 0 Å². The van der Waals surface area contributed by atoms with Gasteiger partial charge in [0, 0.05) is 0 Å². The highest BCUT2D eigenvalue weighted by atomic mass is 16.5. The number of benzene rings is 1. The Bertz CT molecular complexity index is 458. The minimum absolute atomic E-state index is 0.156. The van der Waals surface area contributed by atoms with Gasteiger partial charge in [-0.2, -0.15) is 0 Å². The molecule has 0 fully saturated rings. The molecule has 1 unspecified atom stereocenters. The van der Waals surface area contributed by atoms with Crippen LogP contribution in [-0.4, -0.2) is 12.6 Å². The molecule has 0 saturated carbocycles. The highest BCUT2D eigenvalue weighted by Crippen LogP contribution is 2.07. The van der Waals surface area contributed by atoms with Crippen molar-refractivity contribution in [3.05, 3.63) is 59.7 Å². The standard InChI is InChI=1S/C18H24O2/c1-4-15(2)9-8-10-16(3)14-20-18(19)13-17-11-6-5-7-12-17/h4-9,11-12,16H,10,13-14H2,1-3H3/b9-8+,15-4+. The number of hydrogen-bond donors (Lipinski definition) is 0. The van der Waals surface area contributed by atoms with E-state index in [1.807, 2.05) is 37.3 Å². The Kier molecular flexibility index (Phi) is 7.41. The van der Waals surface area contributed by atoms with E-state index in [0.29, 0.717) is 18.9 Å². The third kappa shape index (κ3) is 6.93. The highest BCUT2D eigenvalue weighted by molar-refractivity contribution is 5.72. The fourth-order valence-corrected chi connectivity index (χ4v) is 1.70. The zero-order valence-electron chi connectivity index (χ0n) is 12.6. The van der Waals surface area contributed by atoms with Crippen molar-refractivity contribution in [2.45, 2.75) is 33.6 Å². The molecule has 0 saturated heterocycles. The summed E-state index contributed by atoms with van der Waals surface area (Å²) in [6, 6.07) is 9.68. The first kappa shape index (κ1) is 16.2. The lowest BCUT2D eigenvalue weighted by molar-refractivity contribution is -0.144. The predicted octanol–water partition coefficient (Wildman–Crippen LogP) is 4.32. The van der Waals surface area contributed by atoms with E-state index >= 15 is 0 Å². The number of rotatable bonds is 7. The lowest BCUT2D eigenvalue weighted by Crippen LogP contribution is -2.13. The van der Waals surface area contributed by atoms with Gasteiger partial charge in [-0.25, -0.2) is 0 Å². The molecule has 108 valence electrons. The quantitative estimate of drug-likeness (QED) is 0.546. The van der Waals surface area contributed by atoms with Crippen LogP contribution in [0, 0.1) is 5.92 Å². The second-order valence-corrected chi connectivity index (χ2v) is 5.12. The molecule has 2 nitrogen and oxygen atoms in total. The molecule has 0 aliphatic rings. The number of carbonyl (C=O) groups is 1. The van der Waals surface area contributed by atoms with Gasteiger partial charge in [-0.15, -0.1) is 0 Å². The van der Waals surface area contributed by atoms with Gasteiger partial charge >= 0.3 is 5.97 Å². The van der Waals surface area contributed by atoms with E-state index in [1.165, 1.54) is 5.57 Å². The zero-order valence-corrected chi connectivity index (χ0v) is 12.6. The normalized spacial score (nSPS) is 13.4. The van der Waals surface area contributed by atoms with Crippen LogP contribution in [0.1, 0.15) is 32.8 Å². The summed E-state index contributed by atoms with van der Waals surface area (Å²) in [5, 5.41) is 0. The molecule has 0 aliphatic heterocycles. The third-order valence-electron chi connectivity index (χ3n) is 3.09. The van der Waals surface area contributed by atoms with Crippen LogP contribution in [0.5, 0.6) is 0 Å². The molecular formula is C18H24O2. The summed E-state index contributed by atoms with van der Waals surface area (Å²) in [6.45, 7) is 6.66. The second-order valence-electron chi connectivity index (χ2n) is 5.12. The van der Waals surface area contributed by atoms with Crippen LogP contribution in [0.15, 0.2) is 54.1 Å². The van der Waals surface area contributed by atoms with Gasteiger partial charge in [-0.3, -0.25) is 4.79 Å². The summed E-state index contributed by atoms with van der Waals surface area (Å²) < 4.78 is 5.30. The lowest BCUT2D eigenvalue weighted by Gasteiger charge is -2.10. The van der Waals surface area contributed by atoms with E-state index in [2.05, 4.69) is 32.1 Å². The monoisotopic (exact) mass is 272 g/mol. The van der Waals surface area contributed by atoms with Gasteiger partial charge in [0.05, 0.1) is 13.0 Å². The lowest BCUT2D eigenvalue weighted by atomic mass is 10.1. The molecule has 2 heteroatoms. The molecule has 0 radical (unpaired) electrons. The van der Waals surface area contributed by atoms with Gasteiger partial charge in [0.2, 0.25) is 0 Å². The van der Waals surface area contributed by atoms with Crippen LogP contribution >= 0.6 is 0 Å². The van der Waals surface area contributed by atoms with Gasteiger partial charge in [-0.1, -0.05) is 61.1 Å². The Hall–Kier alpha value is -1.83. The van der Waals surface area contributed by atoms with E-state index in [0.717, 1.165) is 12.0 Å². The maximum atomic E-state index is 11.7. The summed E-state index contributed by atoms with van der Waals surface area (Å²) in [6.07, 6.45) is 7.57. The number of allylic oxidation sites excluding steroid dienone is 4. The van der Waals surface area contributed by atoms with Crippen molar-refractivity contribution in [2.75, 3.05) is 6.61 Å². The number of hydrogen-bond acceptors (Lipinski definition) is 2. The summed E-state index contributed by atoms with van der Waals surface area (Å²) >= 11 is 0. The predicted molar refractivity (Wildman–Crippen MR) is 83.5 cm³/mol. The molecule has 0 aromatic heterocycles. The van der Waals surface area contributed by atoms with Crippen molar-refractivity contribution >= 4 is 5.97 Å². The van der Waals surface area contributed by atoms with E-state index in [1.54, 1.807) is 0 Å². The first-order chi connectivity index (χ1) is 9.61. The molecule has 0 N–H and O–H groups in total.